The van der Waals surface area contributed by atoms with E-state index >= 15 is 0 Å². The topological polar surface area (TPSA) is 94.2 Å². The fraction of sp³-hybridized carbons (Fsp3) is 0.500. The van der Waals surface area contributed by atoms with Gasteiger partial charge in [0.25, 0.3) is 5.91 Å². The maximum atomic E-state index is 12.3. The van der Waals surface area contributed by atoms with Gasteiger partial charge in [0.2, 0.25) is 5.91 Å². The van der Waals surface area contributed by atoms with Crippen LogP contribution in [0, 0.1) is 5.92 Å². The summed E-state index contributed by atoms with van der Waals surface area (Å²) in [5.74, 6) is -0.409. The molecule has 140 valence electrons. The van der Waals surface area contributed by atoms with Crippen LogP contribution in [-0.4, -0.2) is 50.7 Å². The maximum absolute atomic E-state index is 12.3. The lowest BCUT2D eigenvalue weighted by Crippen LogP contribution is -2.31. The molecule has 26 heavy (non-hydrogen) atoms. The zero-order chi connectivity index (χ0) is 18.5. The summed E-state index contributed by atoms with van der Waals surface area (Å²) in [6.07, 6.45) is 0.866. The molecule has 0 saturated carbocycles. The molecule has 8 nitrogen and oxygen atoms in total. The summed E-state index contributed by atoms with van der Waals surface area (Å²) < 4.78 is 16.0. The Morgan fingerprint density at radius 2 is 2.04 bits per heavy atom. The average Bonchev–Trinajstić information content (AvgIpc) is 3.05. The molecule has 0 radical (unpaired) electrons. The van der Waals surface area contributed by atoms with Crippen molar-refractivity contribution >= 4 is 23.5 Å². The molecule has 0 spiro atoms. The number of rotatable bonds is 6. The third-order valence-corrected chi connectivity index (χ3v) is 4.21. The minimum absolute atomic E-state index is 0.0594. The van der Waals surface area contributed by atoms with Crippen LogP contribution in [0.15, 0.2) is 18.2 Å². The molecule has 2 heterocycles. The first kappa shape index (κ1) is 18.0. The Kier molecular flexibility index (Phi) is 5.60. The lowest BCUT2D eigenvalue weighted by atomic mass is 10.1. The van der Waals surface area contributed by atoms with Crippen molar-refractivity contribution in [2.45, 2.75) is 19.8 Å². The second kappa shape index (κ2) is 8.07. The van der Waals surface area contributed by atoms with Crippen LogP contribution in [0.2, 0.25) is 0 Å². The normalized spacial score (nSPS) is 18.6. The number of carbonyl (C=O) groups is 3. The van der Waals surface area contributed by atoms with Crippen molar-refractivity contribution in [2.75, 3.05) is 37.8 Å². The summed E-state index contributed by atoms with van der Waals surface area (Å²) in [5, 5.41) is 2.63. The number of hydrogen-bond donors (Lipinski definition) is 1. The number of carbonyl (C=O) groups excluding carboxylic acids is 3. The fourth-order valence-corrected chi connectivity index (χ4v) is 2.88. The Hall–Kier alpha value is -2.77. The summed E-state index contributed by atoms with van der Waals surface area (Å²) in [6.45, 7) is 3.31. The predicted molar refractivity (Wildman–Crippen MR) is 92.2 cm³/mol. The lowest BCUT2D eigenvalue weighted by Gasteiger charge is -2.22. The van der Waals surface area contributed by atoms with Gasteiger partial charge in [-0.05, 0) is 18.6 Å². The second-order valence-corrected chi connectivity index (χ2v) is 6.19. The first-order valence-corrected chi connectivity index (χ1v) is 8.72. The molecule has 0 unspecified atom stereocenters. The largest absolute Gasteiger partial charge is 0.486 e. The van der Waals surface area contributed by atoms with Gasteiger partial charge < -0.3 is 24.4 Å². The van der Waals surface area contributed by atoms with Crippen LogP contribution in [0.5, 0.6) is 11.5 Å². The summed E-state index contributed by atoms with van der Waals surface area (Å²) in [4.78, 5) is 37.5. The van der Waals surface area contributed by atoms with Crippen LogP contribution in [0.1, 0.15) is 19.8 Å². The van der Waals surface area contributed by atoms with E-state index in [1.807, 2.05) is 6.92 Å². The second-order valence-electron chi connectivity index (χ2n) is 6.19. The van der Waals surface area contributed by atoms with E-state index in [0.29, 0.717) is 36.9 Å². The smallest absolute Gasteiger partial charge is 0.311 e. The highest BCUT2D eigenvalue weighted by molar-refractivity contribution is 5.99. The Labute approximate surface area is 151 Å². The van der Waals surface area contributed by atoms with Crippen LogP contribution >= 0.6 is 0 Å². The molecule has 3 rings (SSSR count). The van der Waals surface area contributed by atoms with E-state index in [9.17, 15) is 14.4 Å². The molecule has 2 aliphatic rings. The molecule has 0 bridgehead atoms. The van der Waals surface area contributed by atoms with E-state index in [0.717, 1.165) is 6.42 Å². The van der Waals surface area contributed by atoms with Crippen molar-refractivity contribution in [3.05, 3.63) is 18.2 Å². The fourth-order valence-electron chi connectivity index (χ4n) is 2.88. The summed E-state index contributed by atoms with van der Waals surface area (Å²) in [5.41, 5.74) is 0.648. The number of amides is 2. The number of nitrogens with zero attached hydrogens (tertiary/aromatic N) is 1. The number of hydrogen-bond acceptors (Lipinski definition) is 6. The Bertz CT molecular complexity index is 705. The predicted octanol–water partition coefficient (Wildman–Crippen LogP) is 0.880. The molecule has 1 aromatic rings. The third-order valence-electron chi connectivity index (χ3n) is 4.21. The Balaban J connectivity index is 1.58. The van der Waals surface area contributed by atoms with Gasteiger partial charge in [0.05, 0.1) is 5.92 Å². The monoisotopic (exact) mass is 362 g/mol. The molecule has 1 aromatic carbocycles. The van der Waals surface area contributed by atoms with E-state index in [-0.39, 0.29) is 31.4 Å². The van der Waals surface area contributed by atoms with E-state index in [1.54, 1.807) is 18.2 Å². The summed E-state index contributed by atoms with van der Waals surface area (Å²) >= 11 is 0. The van der Waals surface area contributed by atoms with Crippen LogP contribution in [0.4, 0.5) is 5.69 Å². The van der Waals surface area contributed by atoms with Crippen molar-refractivity contribution in [3.8, 4) is 11.5 Å². The zero-order valence-corrected chi connectivity index (χ0v) is 14.7. The van der Waals surface area contributed by atoms with Crippen molar-refractivity contribution in [1.29, 1.82) is 0 Å². The molecule has 8 heteroatoms. The quantitative estimate of drug-likeness (QED) is 0.755. The van der Waals surface area contributed by atoms with Crippen LogP contribution in [-0.2, 0) is 19.1 Å². The van der Waals surface area contributed by atoms with Crippen LogP contribution in [0.3, 0.4) is 0 Å². The van der Waals surface area contributed by atoms with Gasteiger partial charge in [-0.3, -0.25) is 14.4 Å². The molecular weight excluding hydrogens is 340 g/mol. The first-order valence-electron chi connectivity index (χ1n) is 8.72. The molecule has 0 aromatic heterocycles. The molecular formula is C18H22N2O6. The standard InChI is InChI=1S/C18H22N2O6/c1-2-5-19-16(21)11-26-18(23)12-8-17(22)20(10-12)13-3-4-14-15(9-13)25-7-6-24-14/h3-4,9,12H,2,5-8,10-11H2,1H3,(H,19,21)/t12-/m0/s1. The minimum Gasteiger partial charge on any atom is -0.486 e. The van der Waals surface area contributed by atoms with Crippen molar-refractivity contribution < 1.29 is 28.6 Å². The third kappa shape index (κ3) is 4.07. The molecule has 1 atom stereocenters. The van der Waals surface area contributed by atoms with E-state index in [1.165, 1.54) is 4.90 Å². The summed E-state index contributed by atoms with van der Waals surface area (Å²) in [7, 11) is 0. The number of ether oxygens (including phenoxy) is 3. The van der Waals surface area contributed by atoms with Gasteiger partial charge >= 0.3 is 5.97 Å². The minimum atomic E-state index is -0.588. The number of fused-ring (bicyclic) bond motifs is 1. The van der Waals surface area contributed by atoms with E-state index in [2.05, 4.69) is 5.32 Å². The number of benzene rings is 1. The molecule has 1 fully saturated rings. The number of nitrogens with one attached hydrogen (secondary N) is 1. The van der Waals surface area contributed by atoms with Gasteiger partial charge in [-0.2, -0.15) is 0 Å². The Morgan fingerprint density at radius 1 is 1.27 bits per heavy atom. The molecule has 2 amide bonds. The van der Waals surface area contributed by atoms with Gasteiger partial charge in [-0.1, -0.05) is 6.92 Å². The van der Waals surface area contributed by atoms with Crippen molar-refractivity contribution in [2.24, 2.45) is 5.92 Å². The lowest BCUT2D eigenvalue weighted by molar-refractivity contribution is -0.152. The SMILES string of the molecule is CCCNC(=O)COC(=O)[C@H]1CC(=O)N(c2ccc3c(c2)OCCO3)C1. The van der Waals surface area contributed by atoms with E-state index < -0.39 is 11.9 Å². The molecule has 0 aliphatic carbocycles. The molecule has 1 saturated heterocycles. The van der Waals surface area contributed by atoms with Crippen molar-refractivity contribution in [3.63, 3.8) is 0 Å². The zero-order valence-electron chi connectivity index (χ0n) is 14.7. The molecule has 2 aliphatic heterocycles. The van der Waals surface area contributed by atoms with Gasteiger partial charge in [-0.25, -0.2) is 0 Å². The van der Waals surface area contributed by atoms with E-state index in [4.69, 9.17) is 14.2 Å². The Morgan fingerprint density at radius 3 is 2.81 bits per heavy atom. The highest BCUT2D eigenvalue weighted by Crippen LogP contribution is 2.36. The summed E-state index contributed by atoms with van der Waals surface area (Å²) in [6, 6.07) is 5.25. The van der Waals surface area contributed by atoms with Gasteiger partial charge in [0.1, 0.15) is 13.2 Å². The van der Waals surface area contributed by atoms with Gasteiger partial charge in [0.15, 0.2) is 18.1 Å². The first-order chi connectivity index (χ1) is 12.6. The average molecular weight is 362 g/mol. The van der Waals surface area contributed by atoms with Gasteiger partial charge in [0, 0.05) is 31.3 Å². The highest BCUT2D eigenvalue weighted by Gasteiger charge is 2.36. The maximum Gasteiger partial charge on any atom is 0.311 e. The number of anilines is 1. The molecule has 1 N–H and O–H groups in total. The number of esters is 1. The van der Waals surface area contributed by atoms with Crippen molar-refractivity contribution in [1.82, 2.24) is 5.32 Å². The highest BCUT2D eigenvalue weighted by atomic mass is 16.6. The van der Waals surface area contributed by atoms with Crippen LogP contribution in [0.25, 0.3) is 0 Å². The van der Waals surface area contributed by atoms with Gasteiger partial charge in [-0.15, -0.1) is 0 Å². The van der Waals surface area contributed by atoms with Crippen LogP contribution < -0.4 is 19.7 Å².